The molecule has 1 amide bonds. The van der Waals surface area contributed by atoms with Crippen LogP contribution in [0.5, 0.6) is 0 Å². The molecule has 70 valence electrons. The molecule has 0 fully saturated rings. The molecule has 0 aliphatic rings. The molecule has 0 aromatic heterocycles. The van der Waals surface area contributed by atoms with Crippen molar-refractivity contribution in [1.29, 1.82) is 0 Å². The number of nitrogens with zero attached hydrogens (tertiary/aromatic N) is 1. The molecule has 0 radical (unpaired) electrons. The SMILES string of the molecule is C=CCN(C)C(=O)CC(C)(C)C. The van der Waals surface area contributed by atoms with Crippen LogP contribution in [0.4, 0.5) is 0 Å². The van der Waals surface area contributed by atoms with Gasteiger partial charge in [-0.3, -0.25) is 4.79 Å². The van der Waals surface area contributed by atoms with Crippen LogP contribution in [0.2, 0.25) is 0 Å². The minimum absolute atomic E-state index is 0.0759. The summed E-state index contributed by atoms with van der Waals surface area (Å²) in [5.74, 6) is 0.183. The van der Waals surface area contributed by atoms with Gasteiger partial charge in [0.15, 0.2) is 0 Å². The maximum Gasteiger partial charge on any atom is 0.223 e. The number of carbonyl (C=O) groups excluding carboxylic acids is 1. The summed E-state index contributed by atoms with van der Waals surface area (Å²) in [4.78, 5) is 13.1. The minimum Gasteiger partial charge on any atom is -0.342 e. The molecule has 0 saturated carbocycles. The molecule has 12 heavy (non-hydrogen) atoms. The van der Waals surface area contributed by atoms with E-state index < -0.39 is 0 Å². The van der Waals surface area contributed by atoms with E-state index in [2.05, 4.69) is 27.4 Å². The van der Waals surface area contributed by atoms with Crippen LogP contribution in [0.15, 0.2) is 12.7 Å². The van der Waals surface area contributed by atoms with E-state index >= 15 is 0 Å². The average Bonchev–Trinajstić information content (AvgIpc) is 1.84. The first-order chi connectivity index (χ1) is 5.37. The zero-order chi connectivity index (χ0) is 9.78. The van der Waals surface area contributed by atoms with Gasteiger partial charge in [-0.05, 0) is 5.41 Å². The first-order valence-corrected chi connectivity index (χ1v) is 4.21. The molecule has 0 unspecified atom stereocenters. The molecule has 0 spiro atoms. The zero-order valence-electron chi connectivity index (χ0n) is 8.55. The van der Waals surface area contributed by atoms with Gasteiger partial charge in [0.25, 0.3) is 0 Å². The first kappa shape index (κ1) is 11.2. The largest absolute Gasteiger partial charge is 0.342 e. The summed E-state index contributed by atoms with van der Waals surface area (Å²) < 4.78 is 0. The third-order valence-electron chi connectivity index (χ3n) is 1.51. The second-order valence-corrected chi connectivity index (χ2v) is 4.30. The quantitative estimate of drug-likeness (QED) is 0.592. The van der Waals surface area contributed by atoms with Gasteiger partial charge in [0.1, 0.15) is 0 Å². The van der Waals surface area contributed by atoms with Crippen molar-refractivity contribution in [2.75, 3.05) is 13.6 Å². The van der Waals surface area contributed by atoms with Gasteiger partial charge in [0, 0.05) is 20.0 Å². The van der Waals surface area contributed by atoms with Gasteiger partial charge >= 0.3 is 0 Å². The van der Waals surface area contributed by atoms with Crippen LogP contribution in [0.3, 0.4) is 0 Å². The molecular formula is C10H19NO. The number of rotatable bonds is 3. The molecule has 0 aromatic rings. The zero-order valence-corrected chi connectivity index (χ0v) is 8.55. The van der Waals surface area contributed by atoms with Gasteiger partial charge in [0.05, 0.1) is 0 Å². The Labute approximate surface area is 75.3 Å². The highest BCUT2D eigenvalue weighted by Gasteiger charge is 2.17. The molecule has 0 saturated heterocycles. The van der Waals surface area contributed by atoms with E-state index in [9.17, 15) is 4.79 Å². The van der Waals surface area contributed by atoms with Gasteiger partial charge in [-0.2, -0.15) is 0 Å². The number of hydrogen-bond acceptors (Lipinski definition) is 1. The van der Waals surface area contributed by atoms with E-state index in [1.54, 1.807) is 18.0 Å². The normalized spacial score (nSPS) is 11.0. The highest BCUT2D eigenvalue weighted by molar-refractivity contribution is 5.76. The summed E-state index contributed by atoms with van der Waals surface area (Å²) >= 11 is 0. The van der Waals surface area contributed by atoms with Crippen LogP contribution in [0.1, 0.15) is 27.2 Å². The average molecular weight is 169 g/mol. The van der Waals surface area contributed by atoms with E-state index in [-0.39, 0.29) is 11.3 Å². The van der Waals surface area contributed by atoms with E-state index in [4.69, 9.17) is 0 Å². The van der Waals surface area contributed by atoms with E-state index in [0.717, 1.165) is 0 Å². The summed E-state index contributed by atoms with van der Waals surface area (Å²) in [6.45, 7) is 10.4. The molecule has 0 rings (SSSR count). The minimum atomic E-state index is 0.0759. The van der Waals surface area contributed by atoms with Crippen molar-refractivity contribution >= 4 is 5.91 Å². The number of amides is 1. The predicted octanol–water partition coefficient (Wildman–Crippen LogP) is 2.07. The fourth-order valence-electron chi connectivity index (χ4n) is 0.884. The van der Waals surface area contributed by atoms with E-state index in [1.165, 1.54) is 0 Å². The Bertz CT molecular complexity index is 167. The Kier molecular flexibility index (Phi) is 4.01. The van der Waals surface area contributed by atoms with Crippen molar-refractivity contribution in [3.8, 4) is 0 Å². The summed E-state index contributed by atoms with van der Waals surface area (Å²) in [6.07, 6.45) is 2.33. The van der Waals surface area contributed by atoms with Crippen LogP contribution in [0, 0.1) is 5.41 Å². The summed E-state index contributed by atoms with van der Waals surface area (Å²) in [6, 6.07) is 0. The molecular weight excluding hydrogens is 150 g/mol. The Hall–Kier alpha value is -0.790. The smallest absolute Gasteiger partial charge is 0.223 e. The van der Waals surface area contributed by atoms with Crippen molar-refractivity contribution in [2.24, 2.45) is 5.41 Å². The number of carbonyl (C=O) groups is 1. The topological polar surface area (TPSA) is 20.3 Å². The maximum absolute atomic E-state index is 11.4. The Morgan fingerprint density at radius 1 is 1.50 bits per heavy atom. The molecule has 0 aliphatic carbocycles. The van der Waals surface area contributed by atoms with Crippen molar-refractivity contribution in [3.63, 3.8) is 0 Å². The third-order valence-corrected chi connectivity index (χ3v) is 1.51. The molecule has 0 N–H and O–H groups in total. The summed E-state index contributed by atoms with van der Waals surface area (Å²) in [5.41, 5.74) is 0.0759. The molecule has 0 aromatic carbocycles. The van der Waals surface area contributed by atoms with Crippen molar-refractivity contribution in [2.45, 2.75) is 27.2 Å². The monoisotopic (exact) mass is 169 g/mol. The van der Waals surface area contributed by atoms with Gasteiger partial charge in [-0.1, -0.05) is 26.8 Å². The maximum atomic E-state index is 11.4. The van der Waals surface area contributed by atoms with E-state index in [0.29, 0.717) is 13.0 Å². The molecule has 0 heterocycles. The Morgan fingerprint density at radius 2 is 2.00 bits per heavy atom. The predicted molar refractivity (Wildman–Crippen MR) is 51.9 cm³/mol. The van der Waals surface area contributed by atoms with Gasteiger partial charge in [0.2, 0.25) is 5.91 Å². The summed E-state index contributed by atoms with van der Waals surface area (Å²) in [5, 5.41) is 0. The van der Waals surface area contributed by atoms with Crippen LogP contribution in [-0.4, -0.2) is 24.4 Å². The Morgan fingerprint density at radius 3 is 2.33 bits per heavy atom. The lowest BCUT2D eigenvalue weighted by atomic mass is 9.92. The van der Waals surface area contributed by atoms with Crippen LogP contribution < -0.4 is 0 Å². The lowest BCUT2D eigenvalue weighted by Crippen LogP contribution is -2.30. The van der Waals surface area contributed by atoms with Crippen LogP contribution >= 0.6 is 0 Å². The molecule has 0 bridgehead atoms. The number of hydrogen-bond donors (Lipinski definition) is 0. The first-order valence-electron chi connectivity index (χ1n) is 4.21. The fraction of sp³-hybridized carbons (Fsp3) is 0.700. The van der Waals surface area contributed by atoms with Crippen molar-refractivity contribution in [3.05, 3.63) is 12.7 Å². The highest BCUT2D eigenvalue weighted by atomic mass is 16.2. The lowest BCUT2D eigenvalue weighted by molar-refractivity contribution is -0.131. The lowest BCUT2D eigenvalue weighted by Gasteiger charge is -2.22. The molecule has 0 atom stereocenters. The summed E-state index contributed by atoms with van der Waals surface area (Å²) in [7, 11) is 1.80. The van der Waals surface area contributed by atoms with Gasteiger partial charge in [-0.15, -0.1) is 6.58 Å². The van der Waals surface area contributed by atoms with Crippen LogP contribution in [0.25, 0.3) is 0 Å². The standard InChI is InChI=1S/C10H19NO/c1-6-7-11(5)9(12)8-10(2,3)4/h6H,1,7-8H2,2-5H3. The second-order valence-electron chi connectivity index (χ2n) is 4.30. The fourth-order valence-corrected chi connectivity index (χ4v) is 0.884. The van der Waals surface area contributed by atoms with Gasteiger partial charge in [-0.25, -0.2) is 0 Å². The number of likely N-dealkylation sites (N-methyl/N-ethyl adjacent to an activating group) is 1. The van der Waals surface area contributed by atoms with Crippen LogP contribution in [-0.2, 0) is 4.79 Å². The second kappa shape index (κ2) is 4.29. The Balaban J connectivity index is 3.95. The van der Waals surface area contributed by atoms with Crippen molar-refractivity contribution in [1.82, 2.24) is 4.90 Å². The molecule has 2 nitrogen and oxygen atoms in total. The molecule has 0 aliphatic heterocycles. The van der Waals surface area contributed by atoms with Gasteiger partial charge < -0.3 is 4.90 Å². The van der Waals surface area contributed by atoms with Crippen molar-refractivity contribution < 1.29 is 4.79 Å². The third kappa shape index (κ3) is 4.94. The molecule has 2 heteroatoms. The van der Waals surface area contributed by atoms with E-state index in [1.807, 2.05) is 0 Å². The highest BCUT2D eigenvalue weighted by Crippen LogP contribution is 2.19.